The second kappa shape index (κ2) is 8.61. The largest absolute Gasteiger partial charge is 0.350 e. The van der Waals surface area contributed by atoms with E-state index >= 15 is 0 Å². The molecule has 0 spiro atoms. The van der Waals surface area contributed by atoms with Crippen molar-refractivity contribution in [3.8, 4) is 0 Å². The number of carbonyl (C=O) groups excluding carboxylic acids is 2. The average molecular weight is 449 g/mol. The normalized spacial score (nSPS) is 13.9. The molecule has 0 aliphatic carbocycles. The molecule has 1 N–H and O–H groups in total. The zero-order chi connectivity index (χ0) is 22.1. The van der Waals surface area contributed by atoms with Gasteiger partial charge in [-0.25, -0.2) is 4.90 Å². The van der Waals surface area contributed by atoms with Gasteiger partial charge in [0.25, 0.3) is 11.8 Å². The van der Waals surface area contributed by atoms with E-state index in [0.29, 0.717) is 15.6 Å². The Bertz CT molecular complexity index is 1220. The quantitative estimate of drug-likeness (QED) is 0.468. The molecule has 0 saturated heterocycles. The number of rotatable bonds is 5. The fourth-order valence-corrected chi connectivity index (χ4v) is 4.53. The van der Waals surface area contributed by atoms with Crippen LogP contribution >= 0.6 is 23.4 Å². The molecule has 6 heteroatoms. The fraction of sp³-hybridized carbons (Fsp3) is 0.120. The standard InChI is InChI=1S/C25H21ClN2O2S/c1-15-8-11-18(12-9-15)31-23-22(27-20-13-10-16(2)14-17(20)3)24(29)28(25(23)30)21-7-5-4-6-19(21)26/h4-14,27H,1-3H3. The molecule has 0 radical (unpaired) electrons. The molecular formula is C25H21ClN2O2S. The van der Waals surface area contributed by atoms with Gasteiger partial charge in [-0.3, -0.25) is 9.59 Å². The van der Waals surface area contributed by atoms with Crippen molar-refractivity contribution in [2.75, 3.05) is 10.2 Å². The first-order valence-electron chi connectivity index (χ1n) is 9.81. The van der Waals surface area contributed by atoms with Crippen molar-refractivity contribution in [1.82, 2.24) is 0 Å². The van der Waals surface area contributed by atoms with Crippen molar-refractivity contribution < 1.29 is 9.59 Å². The van der Waals surface area contributed by atoms with E-state index in [2.05, 4.69) is 5.32 Å². The molecule has 0 unspecified atom stereocenters. The molecule has 0 bridgehead atoms. The number of anilines is 2. The van der Waals surface area contributed by atoms with Gasteiger partial charge in [0.05, 0.1) is 10.7 Å². The molecule has 3 aromatic carbocycles. The Labute approximate surface area is 190 Å². The molecule has 0 saturated carbocycles. The van der Waals surface area contributed by atoms with Gasteiger partial charge < -0.3 is 5.32 Å². The van der Waals surface area contributed by atoms with Gasteiger partial charge in [-0.15, -0.1) is 0 Å². The van der Waals surface area contributed by atoms with E-state index in [-0.39, 0.29) is 5.70 Å². The topological polar surface area (TPSA) is 49.4 Å². The number of nitrogens with one attached hydrogen (secondary N) is 1. The predicted molar refractivity (Wildman–Crippen MR) is 128 cm³/mol. The van der Waals surface area contributed by atoms with Gasteiger partial charge in [-0.2, -0.15) is 0 Å². The highest BCUT2D eigenvalue weighted by Gasteiger charge is 2.41. The van der Waals surface area contributed by atoms with Crippen LogP contribution in [0.2, 0.25) is 5.02 Å². The van der Waals surface area contributed by atoms with Crippen LogP contribution in [0, 0.1) is 20.8 Å². The zero-order valence-corrected chi connectivity index (χ0v) is 19.0. The average Bonchev–Trinajstić information content (AvgIpc) is 2.96. The van der Waals surface area contributed by atoms with Gasteiger partial charge in [-0.05, 0) is 56.7 Å². The summed E-state index contributed by atoms with van der Waals surface area (Å²) in [7, 11) is 0. The molecule has 4 rings (SSSR count). The molecule has 4 nitrogen and oxygen atoms in total. The van der Waals surface area contributed by atoms with E-state index in [1.54, 1.807) is 24.3 Å². The van der Waals surface area contributed by atoms with Crippen LogP contribution in [0.5, 0.6) is 0 Å². The molecular weight excluding hydrogens is 428 g/mol. The van der Waals surface area contributed by atoms with E-state index < -0.39 is 11.8 Å². The number of halogens is 1. The summed E-state index contributed by atoms with van der Waals surface area (Å²) >= 11 is 7.59. The third-order valence-corrected chi connectivity index (χ3v) is 6.43. The summed E-state index contributed by atoms with van der Waals surface area (Å²) < 4.78 is 0. The molecule has 1 heterocycles. The Morgan fingerprint density at radius 2 is 1.52 bits per heavy atom. The van der Waals surface area contributed by atoms with Crippen LogP contribution in [0.4, 0.5) is 11.4 Å². The van der Waals surface area contributed by atoms with Crippen molar-refractivity contribution in [3.05, 3.63) is 99.0 Å². The van der Waals surface area contributed by atoms with Crippen LogP contribution in [-0.2, 0) is 9.59 Å². The Hall–Kier alpha value is -3.02. The number of carbonyl (C=O) groups is 2. The number of hydrogen-bond donors (Lipinski definition) is 1. The number of amides is 2. The summed E-state index contributed by atoms with van der Waals surface area (Å²) in [5.41, 5.74) is 4.64. The fourth-order valence-electron chi connectivity index (χ4n) is 3.38. The number of hydrogen-bond acceptors (Lipinski definition) is 4. The molecule has 2 amide bonds. The summed E-state index contributed by atoms with van der Waals surface area (Å²) in [6, 6.07) is 20.6. The molecule has 1 aliphatic rings. The lowest BCUT2D eigenvalue weighted by atomic mass is 10.1. The van der Waals surface area contributed by atoms with Crippen molar-refractivity contribution in [1.29, 1.82) is 0 Å². The monoisotopic (exact) mass is 448 g/mol. The highest BCUT2D eigenvalue weighted by Crippen LogP contribution is 2.40. The summed E-state index contributed by atoms with van der Waals surface area (Å²) in [4.78, 5) is 29.2. The van der Waals surface area contributed by atoms with Crippen molar-refractivity contribution in [2.45, 2.75) is 25.7 Å². The minimum Gasteiger partial charge on any atom is -0.350 e. The van der Waals surface area contributed by atoms with E-state index in [1.807, 2.05) is 63.2 Å². The highest BCUT2D eigenvalue weighted by molar-refractivity contribution is 8.04. The number of thioether (sulfide) groups is 1. The minimum absolute atomic E-state index is 0.252. The number of benzene rings is 3. The van der Waals surface area contributed by atoms with E-state index in [1.165, 1.54) is 11.8 Å². The maximum Gasteiger partial charge on any atom is 0.283 e. The molecule has 1 aliphatic heterocycles. The third-order valence-electron chi connectivity index (χ3n) is 5.02. The van der Waals surface area contributed by atoms with Crippen LogP contribution in [-0.4, -0.2) is 11.8 Å². The highest BCUT2D eigenvalue weighted by atomic mass is 35.5. The summed E-state index contributed by atoms with van der Waals surface area (Å²) in [6.45, 7) is 5.98. The predicted octanol–water partition coefficient (Wildman–Crippen LogP) is 6.25. The number of para-hydroxylation sites is 1. The lowest BCUT2D eigenvalue weighted by molar-refractivity contribution is -0.120. The second-order valence-electron chi connectivity index (χ2n) is 7.46. The summed E-state index contributed by atoms with van der Waals surface area (Å²) in [6.07, 6.45) is 0. The lowest BCUT2D eigenvalue weighted by Gasteiger charge is -2.17. The maximum atomic E-state index is 13.4. The molecule has 3 aromatic rings. The number of imide groups is 1. The van der Waals surface area contributed by atoms with Crippen LogP contribution in [0.1, 0.15) is 16.7 Å². The molecule has 156 valence electrons. The molecule has 0 aromatic heterocycles. The van der Waals surface area contributed by atoms with Gasteiger partial charge in [0.15, 0.2) is 0 Å². The van der Waals surface area contributed by atoms with Crippen LogP contribution in [0.25, 0.3) is 0 Å². The minimum atomic E-state index is -0.423. The molecule has 0 fully saturated rings. The van der Waals surface area contributed by atoms with Gasteiger partial charge in [0.1, 0.15) is 10.6 Å². The van der Waals surface area contributed by atoms with Crippen LogP contribution < -0.4 is 10.2 Å². The van der Waals surface area contributed by atoms with Crippen molar-refractivity contribution in [3.63, 3.8) is 0 Å². The zero-order valence-electron chi connectivity index (χ0n) is 17.4. The van der Waals surface area contributed by atoms with Gasteiger partial charge in [-0.1, -0.05) is 70.9 Å². The Morgan fingerprint density at radius 3 is 2.19 bits per heavy atom. The van der Waals surface area contributed by atoms with Gasteiger partial charge >= 0.3 is 0 Å². The Kier molecular flexibility index (Phi) is 5.90. The van der Waals surface area contributed by atoms with Gasteiger partial charge in [0, 0.05) is 10.6 Å². The van der Waals surface area contributed by atoms with E-state index in [4.69, 9.17) is 11.6 Å². The first-order chi connectivity index (χ1) is 14.8. The van der Waals surface area contributed by atoms with E-state index in [0.717, 1.165) is 32.2 Å². The first kappa shape index (κ1) is 21.2. The van der Waals surface area contributed by atoms with Crippen LogP contribution in [0.3, 0.4) is 0 Å². The SMILES string of the molecule is Cc1ccc(SC2=C(Nc3ccc(C)cc3C)C(=O)N(c3ccccc3Cl)C2=O)cc1. The van der Waals surface area contributed by atoms with Crippen molar-refractivity contribution >= 4 is 46.6 Å². The van der Waals surface area contributed by atoms with Crippen LogP contribution in [0.15, 0.2) is 82.2 Å². The second-order valence-corrected chi connectivity index (χ2v) is 8.95. The maximum absolute atomic E-state index is 13.4. The van der Waals surface area contributed by atoms with E-state index in [9.17, 15) is 9.59 Å². The third kappa shape index (κ3) is 4.24. The first-order valence-corrected chi connectivity index (χ1v) is 11.0. The smallest absolute Gasteiger partial charge is 0.283 e. The molecule has 0 atom stereocenters. The summed E-state index contributed by atoms with van der Waals surface area (Å²) in [5, 5.41) is 3.57. The lowest BCUT2D eigenvalue weighted by Crippen LogP contribution is -2.32. The number of nitrogens with zero attached hydrogens (tertiary/aromatic N) is 1. The Morgan fingerprint density at radius 1 is 0.839 bits per heavy atom. The Balaban J connectivity index is 1.78. The molecule has 31 heavy (non-hydrogen) atoms. The van der Waals surface area contributed by atoms with Crippen molar-refractivity contribution in [2.24, 2.45) is 0 Å². The number of aryl methyl sites for hydroxylation is 3. The summed E-state index contributed by atoms with van der Waals surface area (Å²) in [5.74, 6) is -0.816. The van der Waals surface area contributed by atoms with Gasteiger partial charge in [0.2, 0.25) is 0 Å².